The van der Waals surface area contributed by atoms with E-state index in [2.05, 4.69) is 5.32 Å². The van der Waals surface area contributed by atoms with E-state index in [0.717, 1.165) is 0 Å². The molecule has 0 fully saturated rings. The fraction of sp³-hybridized carbons (Fsp3) is 0.800. The lowest BCUT2D eigenvalue weighted by atomic mass is 10.0. The van der Waals surface area contributed by atoms with Crippen molar-refractivity contribution in [3.63, 3.8) is 0 Å². The van der Waals surface area contributed by atoms with Crippen molar-refractivity contribution in [2.24, 2.45) is 11.7 Å². The Labute approximate surface area is 95.1 Å². The molecule has 0 heterocycles. The third-order valence-corrected chi connectivity index (χ3v) is 2.54. The van der Waals surface area contributed by atoms with Gasteiger partial charge < -0.3 is 20.9 Å². The number of amides is 1. The van der Waals surface area contributed by atoms with Crippen LogP contribution in [0, 0.1) is 5.92 Å². The van der Waals surface area contributed by atoms with E-state index >= 15 is 0 Å². The number of carboxylic acid groups (broad SMARTS) is 1. The molecule has 0 rings (SSSR count). The summed E-state index contributed by atoms with van der Waals surface area (Å²) in [6, 6.07) is -0.416. The lowest BCUT2D eigenvalue weighted by Crippen LogP contribution is -2.42. The van der Waals surface area contributed by atoms with E-state index in [0.29, 0.717) is 0 Å². The highest BCUT2D eigenvalue weighted by atomic mass is 16.5. The smallest absolute Gasteiger partial charge is 0.308 e. The Morgan fingerprint density at radius 3 is 2.38 bits per heavy atom. The number of rotatable bonds is 7. The number of aliphatic carboxylic acids is 1. The maximum Gasteiger partial charge on any atom is 0.308 e. The lowest BCUT2D eigenvalue weighted by Gasteiger charge is -2.19. The normalized spacial score (nSPS) is 16.2. The van der Waals surface area contributed by atoms with Crippen LogP contribution in [-0.4, -0.2) is 42.8 Å². The maximum atomic E-state index is 11.5. The van der Waals surface area contributed by atoms with E-state index in [1.165, 1.54) is 7.11 Å². The summed E-state index contributed by atoms with van der Waals surface area (Å²) in [7, 11) is 1.48. The Balaban J connectivity index is 4.09. The van der Waals surface area contributed by atoms with Crippen LogP contribution < -0.4 is 11.1 Å². The molecule has 0 spiro atoms. The zero-order chi connectivity index (χ0) is 12.7. The summed E-state index contributed by atoms with van der Waals surface area (Å²) in [5.41, 5.74) is 5.37. The minimum atomic E-state index is -0.935. The monoisotopic (exact) mass is 232 g/mol. The van der Waals surface area contributed by atoms with Gasteiger partial charge in [0.15, 0.2) is 0 Å². The molecule has 3 unspecified atom stereocenters. The van der Waals surface area contributed by atoms with Crippen molar-refractivity contribution in [1.29, 1.82) is 0 Å². The molecule has 16 heavy (non-hydrogen) atoms. The second-order valence-corrected chi connectivity index (χ2v) is 3.78. The maximum absolute atomic E-state index is 11.5. The number of methoxy groups -OCH3 is 1. The van der Waals surface area contributed by atoms with Gasteiger partial charge in [-0.3, -0.25) is 9.59 Å². The van der Waals surface area contributed by atoms with Crippen LogP contribution in [-0.2, 0) is 14.3 Å². The predicted molar refractivity (Wildman–Crippen MR) is 58.9 cm³/mol. The van der Waals surface area contributed by atoms with Gasteiger partial charge in [-0.1, -0.05) is 0 Å². The van der Waals surface area contributed by atoms with Crippen LogP contribution >= 0.6 is 0 Å². The SMILES string of the molecule is COC(CN)CC(=O)NC(C)C(C)C(=O)O. The zero-order valence-corrected chi connectivity index (χ0v) is 9.90. The summed E-state index contributed by atoms with van der Waals surface area (Å²) in [5.74, 6) is -1.81. The van der Waals surface area contributed by atoms with Gasteiger partial charge in [-0.2, -0.15) is 0 Å². The van der Waals surface area contributed by atoms with Crippen LogP contribution in [0.4, 0.5) is 0 Å². The van der Waals surface area contributed by atoms with Gasteiger partial charge in [0.1, 0.15) is 0 Å². The van der Waals surface area contributed by atoms with E-state index in [1.807, 2.05) is 0 Å². The van der Waals surface area contributed by atoms with Gasteiger partial charge >= 0.3 is 5.97 Å². The highest BCUT2D eigenvalue weighted by Gasteiger charge is 2.21. The molecule has 1 amide bonds. The minimum absolute atomic E-state index is 0.143. The van der Waals surface area contributed by atoms with Gasteiger partial charge in [-0.15, -0.1) is 0 Å². The first-order chi connectivity index (χ1) is 7.42. The quantitative estimate of drug-likeness (QED) is 0.553. The van der Waals surface area contributed by atoms with Gasteiger partial charge in [0.05, 0.1) is 18.4 Å². The molecule has 3 atom stereocenters. The number of hydrogen-bond donors (Lipinski definition) is 3. The average Bonchev–Trinajstić information content (AvgIpc) is 2.24. The number of carbonyl (C=O) groups is 2. The molecule has 6 heteroatoms. The number of hydrogen-bond acceptors (Lipinski definition) is 4. The van der Waals surface area contributed by atoms with Crippen molar-refractivity contribution in [2.45, 2.75) is 32.4 Å². The molecular formula is C10H20N2O4. The van der Waals surface area contributed by atoms with Crippen molar-refractivity contribution in [3.8, 4) is 0 Å². The van der Waals surface area contributed by atoms with E-state index in [-0.39, 0.29) is 25.0 Å². The van der Waals surface area contributed by atoms with E-state index < -0.39 is 17.9 Å². The van der Waals surface area contributed by atoms with Crippen molar-refractivity contribution >= 4 is 11.9 Å². The first-order valence-corrected chi connectivity index (χ1v) is 5.17. The molecule has 0 aliphatic rings. The first kappa shape index (κ1) is 14.9. The second kappa shape index (κ2) is 7.19. The zero-order valence-electron chi connectivity index (χ0n) is 9.90. The number of ether oxygens (including phenoxy) is 1. The van der Waals surface area contributed by atoms with E-state index in [4.69, 9.17) is 15.6 Å². The number of nitrogens with one attached hydrogen (secondary N) is 1. The summed E-state index contributed by atoms with van der Waals surface area (Å²) >= 11 is 0. The van der Waals surface area contributed by atoms with E-state index in [9.17, 15) is 9.59 Å². The third kappa shape index (κ3) is 5.09. The molecule has 0 saturated carbocycles. The first-order valence-electron chi connectivity index (χ1n) is 5.17. The number of nitrogens with two attached hydrogens (primary N) is 1. The summed E-state index contributed by atoms with van der Waals surface area (Å²) in [5, 5.41) is 11.3. The topological polar surface area (TPSA) is 102 Å². The molecule has 94 valence electrons. The summed E-state index contributed by atoms with van der Waals surface area (Å²) < 4.78 is 4.96. The van der Waals surface area contributed by atoms with Crippen LogP contribution in [0.15, 0.2) is 0 Å². The molecule has 0 bridgehead atoms. The molecule has 0 radical (unpaired) electrons. The standard InChI is InChI=1S/C10H20N2O4/c1-6(10(14)15)7(2)12-9(13)4-8(5-11)16-3/h6-8H,4-5,11H2,1-3H3,(H,12,13)(H,14,15). The summed E-state index contributed by atoms with van der Waals surface area (Å²) in [6.45, 7) is 3.46. The molecule has 6 nitrogen and oxygen atoms in total. The van der Waals surface area contributed by atoms with Crippen LogP contribution in [0.5, 0.6) is 0 Å². The van der Waals surface area contributed by atoms with Crippen LogP contribution in [0.3, 0.4) is 0 Å². The minimum Gasteiger partial charge on any atom is -0.481 e. The summed E-state index contributed by atoms with van der Waals surface area (Å²) in [6.07, 6.45) is -0.184. The predicted octanol–water partition coefficient (Wildman–Crippen LogP) is -0.424. The van der Waals surface area contributed by atoms with Crippen LogP contribution in [0.2, 0.25) is 0 Å². The Morgan fingerprint density at radius 2 is 2.00 bits per heavy atom. The van der Waals surface area contributed by atoms with Crippen LogP contribution in [0.25, 0.3) is 0 Å². The molecular weight excluding hydrogens is 212 g/mol. The van der Waals surface area contributed by atoms with Gasteiger partial charge in [0.25, 0.3) is 0 Å². The molecule has 0 aliphatic heterocycles. The van der Waals surface area contributed by atoms with Crippen molar-refractivity contribution < 1.29 is 19.4 Å². The van der Waals surface area contributed by atoms with Crippen LogP contribution in [0.1, 0.15) is 20.3 Å². The highest BCUT2D eigenvalue weighted by Crippen LogP contribution is 2.03. The second-order valence-electron chi connectivity index (χ2n) is 3.78. The molecule has 0 aromatic carbocycles. The molecule has 4 N–H and O–H groups in total. The lowest BCUT2D eigenvalue weighted by molar-refractivity contribution is -0.142. The van der Waals surface area contributed by atoms with Crippen molar-refractivity contribution in [3.05, 3.63) is 0 Å². The van der Waals surface area contributed by atoms with Gasteiger partial charge in [-0.05, 0) is 13.8 Å². The third-order valence-electron chi connectivity index (χ3n) is 2.54. The fourth-order valence-electron chi connectivity index (χ4n) is 1.12. The number of carbonyl (C=O) groups excluding carboxylic acids is 1. The fourth-order valence-corrected chi connectivity index (χ4v) is 1.12. The Bertz CT molecular complexity index is 241. The molecule has 0 aromatic heterocycles. The molecule has 0 aromatic rings. The average molecular weight is 232 g/mol. The van der Waals surface area contributed by atoms with Gasteiger partial charge in [0, 0.05) is 19.7 Å². The van der Waals surface area contributed by atoms with Gasteiger partial charge in [0.2, 0.25) is 5.91 Å². The molecule has 0 saturated heterocycles. The Hall–Kier alpha value is -1.14. The van der Waals surface area contributed by atoms with E-state index in [1.54, 1.807) is 13.8 Å². The highest BCUT2D eigenvalue weighted by molar-refractivity contribution is 5.78. The summed E-state index contributed by atoms with van der Waals surface area (Å²) in [4.78, 5) is 22.1. The van der Waals surface area contributed by atoms with Crippen molar-refractivity contribution in [2.75, 3.05) is 13.7 Å². The largest absolute Gasteiger partial charge is 0.481 e. The number of carboxylic acids is 1. The Morgan fingerprint density at radius 1 is 1.44 bits per heavy atom. The molecule has 0 aliphatic carbocycles. The van der Waals surface area contributed by atoms with Crippen molar-refractivity contribution in [1.82, 2.24) is 5.32 Å². The Kier molecular flexibility index (Phi) is 6.67. The van der Waals surface area contributed by atoms with Gasteiger partial charge in [-0.25, -0.2) is 0 Å².